The van der Waals surface area contributed by atoms with Gasteiger partial charge in [-0.05, 0) is 42.5 Å². The molecule has 0 saturated carbocycles. The average molecular weight is 350 g/mol. The second-order valence-electron chi connectivity index (χ2n) is 5.33. The van der Waals surface area contributed by atoms with Gasteiger partial charge < -0.3 is 14.3 Å². The number of benzene rings is 2. The zero-order valence-electron chi connectivity index (χ0n) is 13.3. The molecule has 0 fully saturated rings. The predicted octanol–water partition coefficient (Wildman–Crippen LogP) is 4.50. The van der Waals surface area contributed by atoms with Gasteiger partial charge in [0.05, 0.1) is 12.5 Å². The summed E-state index contributed by atoms with van der Waals surface area (Å²) in [7, 11) is 1.63. The van der Waals surface area contributed by atoms with Gasteiger partial charge in [0.15, 0.2) is 0 Å². The summed E-state index contributed by atoms with van der Waals surface area (Å²) in [4.78, 5) is 8.81. The van der Waals surface area contributed by atoms with Crippen molar-refractivity contribution >= 4 is 27.4 Å². The van der Waals surface area contributed by atoms with Gasteiger partial charge in [0.1, 0.15) is 22.8 Å². The number of fused-ring (bicyclic) bond motifs is 1. The van der Waals surface area contributed by atoms with Crippen LogP contribution in [0, 0.1) is 0 Å². The number of aromatic nitrogens is 1. The first kappa shape index (κ1) is 15.4. The molecule has 2 heterocycles. The van der Waals surface area contributed by atoms with Crippen LogP contribution in [-0.4, -0.2) is 17.2 Å². The second-order valence-corrected chi connectivity index (χ2v) is 6.20. The van der Waals surface area contributed by atoms with Crippen molar-refractivity contribution in [1.29, 1.82) is 0 Å². The van der Waals surface area contributed by atoms with Crippen LogP contribution in [0.2, 0.25) is 0 Å². The van der Waals surface area contributed by atoms with E-state index >= 15 is 0 Å². The van der Waals surface area contributed by atoms with Crippen molar-refractivity contribution in [3.63, 3.8) is 0 Å². The molecule has 0 unspecified atom stereocenters. The highest BCUT2D eigenvalue weighted by Crippen LogP contribution is 2.26. The maximum atomic E-state index is 9.81. The summed E-state index contributed by atoms with van der Waals surface area (Å²) in [6, 6.07) is 14.4. The standard InChI is InChI=1S/C19H14N2O3S/c1-23-14-5-2-12(3-6-14)18-11-16(21-19-20-8-9-25-19)15-10-13(22)4-7-17(15)24-18/h2-11,22H,1H3/b21-16+. The molecule has 0 aliphatic rings. The van der Waals surface area contributed by atoms with Gasteiger partial charge in [0.2, 0.25) is 5.13 Å². The van der Waals surface area contributed by atoms with Gasteiger partial charge in [-0.15, -0.1) is 11.3 Å². The van der Waals surface area contributed by atoms with E-state index in [1.54, 1.807) is 31.5 Å². The normalized spacial score (nSPS) is 11.8. The molecule has 4 aromatic rings. The molecule has 0 aliphatic carbocycles. The third kappa shape index (κ3) is 3.12. The zero-order chi connectivity index (χ0) is 17.2. The maximum Gasteiger partial charge on any atom is 0.209 e. The van der Waals surface area contributed by atoms with Crippen LogP contribution in [0.15, 0.2) is 69.5 Å². The summed E-state index contributed by atoms with van der Waals surface area (Å²) >= 11 is 1.45. The monoisotopic (exact) mass is 350 g/mol. The van der Waals surface area contributed by atoms with E-state index in [0.717, 1.165) is 16.7 Å². The Morgan fingerprint density at radius 2 is 1.96 bits per heavy atom. The molecule has 6 heteroatoms. The van der Waals surface area contributed by atoms with Gasteiger partial charge in [0, 0.05) is 28.6 Å². The predicted molar refractivity (Wildman–Crippen MR) is 97.2 cm³/mol. The maximum absolute atomic E-state index is 9.81. The number of nitrogens with zero attached hydrogens (tertiary/aromatic N) is 2. The molecule has 5 nitrogen and oxygen atoms in total. The van der Waals surface area contributed by atoms with Crippen molar-refractivity contribution in [2.24, 2.45) is 4.99 Å². The van der Waals surface area contributed by atoms with Gasteiger partial charge in [-0.1, -0.05) is 0 Å². The molecule has 124 valence electrons. The summed E-state index contributed by atoms with van der Waals surface area (Å²) in [5.74, 6) is 1.62. The molecule has 1 N–H and O–H groups in total. The summed E-state index contributed by atoms with van der Waals surface area (Å²) in [6.07, 6.45) is 1.71. The summed E-state index contributed by atoms with van der Waals surface area (Å²) in [6.45, 7) is 0. The number of hydrogen-bond acceptors (Lipinski definition) is 6. The Morgan fingerprint density at radius 1 is 1.12 bits per heavy atom. The van der Waals surface area contributed by atoms with Crippen molar-refractivity contribution in [3.05, 3.63) is 65.5 Å². The smallest absolute Gasteiger partial charge is 0.209 e. The molecule has 0 amide bonds. The third-order valence-electron chi connectivity index (χ3n) is 3.74. The Hall–Kier alpha value is -3.12. The number of phenols is 1. The van der Waals surface area contributed by atoms with E-state index in [4.69, 9.17) is 9.15 Å². The molecule has 0 spiro atoms. The van der Waals surface area contributed by atoms with Gasteiger partial charge >= 0.3 is 0 Å². The lowest BCUT2D eigenvalue weighted by Crippen LogP contribution is -2.03. The highest BCUT2D eigenvalue weighted by atomic mass is 32.1. The SMILES string of the molecule is COc1ccc(-c2c/c(=N\c3nccs3)c3cc(O)ccc3o2)cc1. The van der Waals surface area contributed by atoms with Crippen LogP contribution >= 0.6 is 11.3 Å². The van der Waals surface area contributed by atoms with Crippen LogP contribution in [-0.2, 0) is 0 Å². The Balaban J connectivity index is 1.96. The fraction of sp³-hybridized carbons (Fsp3) is 0.0526. The lowest BCUT2D eigenvalue weighted by molar-refractivity contribution is 0.415. The molecule has 0 radical (unpaired) electrons. The summed E-state index contributed by atoms with van der Waals surface area (Å²) in [5.41, 5.74) is 1.55. The molecule has 25 heavy (non-hydrogen) atoms. The topological polar surface area (TPSA) is 67.9 Å². The third-order valence-corrected chi connectivity index (χ3v) is 4.40. The van der Waals surface area contributed by atoms with Crippen molar-refractivity contribution < 1.29 is 14.3 Å². The first-order valence-electron chi connectivity index (χ1n) is 7.58. The minimum Gasteiger partial charge on any atom is -0.508 e. The van der Waals surface area contributed by atoms with E-state index in [2.05, 4.69) is 9.98 Å². The number of hydrogen-bond donors (Lipinski definition) is 1. The number of ether oxygens (including phenoxy) is 1. The quantitative estimate of drug-likeness (QED) is 0.590. The van der Waals surface area contributed by atoms with E-state index in [9.17, 15) is 5.11 Å². The van der Waals surface area contributed by atoms with Crippen LogP contribution in [0.3, 0.4) is 0 Å². The van der Waals surface area contributed by atoms with Crippen LogP contribution in [0.5, 0.6) is 11.5 Å². The highest BCUT2D eigenvalue weighted by molar-refractivity contribution is 7.13. The highest BCUT2D eigenvalue weighted by Gasteiger charge is 2.08. The van der Waals surface area contributed by atoms with Gasteiger partial charge in [-0.25, -0.2) is 9.98 Å². The van der Waals surface area contributed by atoms with Gasteiger partial charge in [0.25, 0.3) is 0 Å². The summed E-state index contributed by atoms with van der Waals surface area (Å²) in [5, 5.41) is 13.8. The van der Waals surface area contributed by atoms with Gasteiger partial charge in [-0.2, -0.15) is 0 Å². The lowest BCUT2D eigenvalue weighted by Gasteiger charge is -2.06. The zero-order valence-corrected chi connectivity index (χ0v) is 14.2. The molecule has 0 atom stereocenters. The second kappa shape index (κ2) is 6.41. The number of rotatable bonds is 3. The van der Waals surface area contributed by atoms with Crippen molar-refractivity contribution in [3.8, 4) is 22.8 Å². The van der Waals surface area contributed by atoms with Crippen LogP contribution in [0.1, 0.15) is 0 Å². The largest absolute Gasteiger partial charge is 0.508 e. The number of methoxy groups -OCH3 is 1. The molecular weight excluding hydrogens is 336 g/mol. The average Bonchev–Trinajstić information content (AvgIpc) is 3.15. The molecule has 0 bridgehead atoms. The number of thiazole rings is 1. The van der Waals surface area contributed by atoms with Crippen molar-refractivity contribution in [2.75, 3.05) is 7.11 Å². The molecule has 0 aliphatic heterocycles. The Morgan fingerprint density at radius 3 is 2.68 bits per heavy atom. The van der Waals surface area contributed by atoms with E-state index in [0.29, 0.717) is 21.8 Å². The van der Waals surface area contributed by atoms with E-state index in [1.165, 1.54) is 11.3 Å². The van der Waals surface area contributed by atoms with Crippen LogP contribution in [0.4, 0.5) is 5.13 Å². The molecule has 0 saturated heterocycles. The van der Waals surface area contributed by atoms with Crippen molar-refractivity contribution in [2.45, 2.75) is 0 Å². The van der Waals surface area contributed by atoms with Crippen molar-refractivity contribution in [1.82, 2.24) is 4.98 Å². The molecule has 2 aromatic heterocycles. The molecule has 2 aromatic carbocycles. The Labute approximate surface area is 147 Å². The first-order valence-corrected chi connectivity index (χ1v) is 8.46. The number of phenolic OH excluding ortho intramolecular Hbond substituents is 1. The fourth-order valence-electron chi connectivity index (χ4n) is 2.52. The minimum absolute atomic E-state index is 0.162. The summed E-state index contributed by atoms with van der Waals surface area (Å²) < 4.78 is 11.2. The molecular formula is C19H14N2O3S. The fourth-order valence-corrected chi connectivity index (χ4v) is 3.04. The number of aromatic hydroxyl groups is 1. The van der Waals surface area contributed by atoms with Gasteiger partial charge in [-0.3, -0.25) is 0 Å². The Bertz CT molecular complexity index is 1080. The minimum atomic E-state index is 0.162. The van der Waals surface area contributed by atoms with E-state index < -0.39 is 0 Å². The Kier molecular flexibility index (Phi) is 3.95. The first-order chi connectivity index (χ1) is 12.2. The van der Waals surface area contributed by atoms with Crippen LogP contribution in [0.25, 0.3) is 22.3 Å². The lowest BCUT2D eigenvalue weighted by atomic mass is 10.1. The van der Waals surface area contributed by atoms with E-state index in [1.807, 2.05) is 35.7 Å². The van der Waals surface area contributed by atoms with Crippen LogP contribution < -0.4 is 10.1 Å². The van der Waals surface area contributed by atoms with E-state index in [-0.39, 0.29) is 5.75 Å². The molecule has 4 rings (SSSR count).